The number of rotatable bonds is 8. The Morgan fingerprint density at radius 1 is 1.03 bits per heavy atom. The fraction of sp³-hybridized carbons (Fsp3) is 0.0800. The second-order valence-electron chi connectivity index (χ2n) is 7.03. The van der Waals surface area contributed by atoms with E-state index in [1.165, 1.54) is 18.3 Å². The topological polar surface area (TPSA) is 72.8 Å². The minimum atomic E-state index is -0.403. The predicted octanol–water partition coefficient (Wildman–Crippen LogP) is 5.24. The third-order valence-electron chi connectivity index (χ3n) is 4.59. The third kappa shape index (κ3) is 6.36. The van der Waals surface area contributed by atoms with Crippen molar-refractivity contribution in [3.05, 3.63) is 100 Å². The first-order valence-corrected chi connectivity index (χ1v) is 10.8. The molecule has 1 heterocycles. The van der Waals surface area contributed by atoms with Crippen LogP contribution in [0.5, 0.6) is 11.6 Å². The van der Waals surface area contributed by atoms with Crippen molar-refractivity contribution in [2.45, 2.75) is 6.61 Å². The molecule has 33 heavy (non-hydrogen) atoms. The summed E-state index contributed by atoms with van der Waals surface area (Å²) in [5.74, 6) is 0.317. The van der Waals surface area contributed by atoms with E-state index in [2.05, 4.69) is 31.4 Å². The van der Waals surface area contributed by atoms with Crippen molar-refractivity contribution < 1.29 is 18.7 Å². The number of hydrogen-bond donors (Lipinski definition) is 1. The van der Waals surface area contributed by atoms with Crippen LogP contribution >= 0.6 is 15.9 Å². The van der Waals surface area contributed by atoms with E-state index in [0.29, 0.717) is 18.2 Å². The van der Waals surface area contributed by atoms with E-state index in [1.54, 1.807) is 30.3 Å². The van der Waals surface area contributed by atoms with Gasteiger partial charge in [-0.3, -0.25) is 4.79 Å². The monoisotopic (exact) mass is 507 g/mol. The van der Waals surface area contributed by atoms with Crippen LogP contribution < -0.4 is 14.9 Å². The molecule has 0 radical (unpaired) electrons. The molecule has 0 unspecified atom stereocenters. The predicted molar refractivity (Wildman–Crippen MR) is 128 cm³/mol. The van der Waals surface area contributed by atoms with E-state index in [0.717, 1.165) is 26.5 Å². The lowest BCUT2D eigenvalue weighted by Gasteiger charge is -2.09. The summed E-state index contributed by atoms with van der Waals surface area (Å²) >= 11 is 3.46. The van der Waals surface area contributed by atoms with Crippen molar-refractivity contribution in [2.75, 3.05) is 6.61 Å². The summed E-state index contributed by atoms with van der Waals surface area (Å²) in [5, 5.41) is 4.95. The number of nitrogens with one attached hydrogen (secondary N) is 1. The van der Waals surface area contributed by atoms with Gasteiger partial charge in [0.1, 0.15) is 18.2 Å². The van der Waals surface area contributed by atoms with Gasteiger partial charge in [-0.2, -0.15) is 5.10 Å². The number of hydrogen-bond acceptors (Lipinski definition) is 5. The van der Waals surface area contributed by atoms with Crippen molar-refractivity contribution >= 4 is 39.0 Å². The van der Waals surface area contributed by atoms with Crippen molar-refractivity contribution in [1.29, 1.82) is 0 Å². The van der Waals surface area contributed by atoms with Gasteiger partial charge in [-0.15, -0.1) is 0 Å². The first-order chi connectivity index (χ1) is 16.1. The van der Waals surface area contributed by atoms with E-state index < -0.39 is 5.91 Å². The van der Waals surface area contributed by atoms with Crippen molar-refractivity contribution in [2.24, 2.45) is 5.10 Å². The lowest BCUT2D eigenvalue weighted by atomic mass is 10.2. The Morgan fingerprint density at radius 3 is 2.67 bits per heavy atom. The second kappa shape index (κ2) is 10.7. The number of hydrazone groups is 1. The normalized spacial score (nSPS) is 11.0. The molecule has 0 spiro atoms. The number of benzene rings is 3. The summed E-state index contributed by atoms with van der Waals surface area (Å²) in [6.07, 6.45) is 1.51. The van der Waals surface area contributed by atoms with Gasteiger partial charge in [0.25, 0.3) is 5.91 Å². The van der Waals surface area contributed by atoms with Gasteiger partial charge >= 0.3 is 0 Å². The summed E-state index contributed by atoms with van der Waals surface area (Å²) in [5.41, 5.74) is 4.84. The molecule has 6 nitrogen and oxygen atoms in total. The fourth-order valence-corrected chi connectivity index (χ4v) is 3.45. The number of nitrogens with zero attached hydrogens (tertiary/aromatic N) is 2. The largest absolute Gasteiger partial charge is 0.488 e. The Kier molecular flexibility index (Phi) is 7.26. The lowest BCUT2D eigenvalue weighted by molar-refractivity contribution is -0.123. The number of halogens is 2. The molecule has 1 N–H and O–H groups in total. The van der Waals surface area contributed by atoms with Gasteiger partial charge in [-0.1, -0.05) is 30.3 Å². The van der Waals surface area contributed by atoms with Gasteiger partial charge in [0.2, 0.25) is 5.88 Å². The molecule has 4 aromatic rings. The number of aromatic nitrogens is 1. The van der Waals surface area contributed by atoms with E-state index in [4.69, 9.17) is 9.47 Å². The molecule has 166 valence electrons. The fourth-order valence-electron chi connectivity index (χ4n) is 2.93. The molecule has 8 heteroatoms. The van der Waals surface area contributed by atoms with Crippen LogP contribution in [0.15, 0.2) is 88.4 Å². The minimum Gasteiger partial charge on any atom is -0.488 e. The summed E-state index contributed by atoms with van der Waals surface area (Å²) in [7, 11) is 0. The van der Waals surface area contributed by atoms with Crippen LogP contribution in [-0.4, -0.2) is 23.7 Å². The van der Waals surface area contributed by atoms with Crippen LogP contribution in [0.2, 0.25) is 0 Å². The number of amides is 1. The van der Waals surface area contributed by atoms with Crippen LogP contribution in [0.4, 0.5) is 4.39 Å². The Hall–Kier alpha value is -3.78. The molecule has 1 aromatic heterocycles. The molecular weight excluding hydrogens is 489 g/mol. The summed E-state index contributed by atoms with van der Waals surface area (Å²) in [6, 6.07) is 22.8. The van der Waals surface area contributed by atoms with Gasteiger partial charge in [0.05, 0.1) is 16.2 Å². The van der Waals surface area contributed by atoms with Gasteiger partial charge in [-0.05, 0) is 69.5 Å². The highest BCUT2D eigenvalue weighted by atomic mass is 79.9. The maximum Gasteiger partial charge on any atom is 0.278 e. The number of para-hydroxylation sites is 1. The molecule has 3 aromatic carbocycles. The Labute approximate surface area is 198 Å². The molecular formula is C25H19BrFN3O3. The van der Waals surface area contributed by atoms with Crippen molar-refractivity contribution in [3.8, 4) is 11.6 Å². The molecule has 4 rings (SSSR count). The van der Waals surface area contributed by atoms with Gasteiger partial charge in [-0.25, -0.2) is 14.8 Å². The Bertz CT molecular complexity index is 1300. The highest BCUT2D eigenvalue weighted by Gasteiger charge is 2.05. The SMILES string of the molecule is O=C(COc1ccc2ccccc2n1)N/N=C\c1ccc(OCc2ccc(F)cc2)c(Br)c1. The number of carbonyl (C=O) groups is 1. The number of ether oxygens (including phenoxy) is 2. The molecule has 0 atom stereocenters. The maximum absolute atomic E-state index is 13.0. The molecule has 0 aliphatic carbocycles. The van der Waals surface area contributed by atoms with Crippen LogP contribution in [0, 0.1) is 5.82 Å². The quantitative estimate of drug-likeness (QED) is 0.261. The van der Waals surface area contributed by atoms with Crippen molar-refractivity contribution in [1.82, 2.24) is 10.4 Å². The van der Waals surface area contributed by atoms with E-state index in [9.17, 15) is 9.18 Å². The van der Waals surface area contributed by atoms with Crippen LogP contribution in [0.25, 0.3) is 10.9 Å². The first kappa shape index (κ1) is 22.4. The first-order valence-electron chi connectivity index (χ1n) is 10.0. The summed E-state index contributed by atoms with van der Waals surface area (Å²) in [4.78, 5) is 16.4. The summed E-state index contributed by atoms with van der Waals surface area (Å²) in [6.45, 7) is 0.108. The molecule has 0 saturated carbocycles. The van der Waals surface area contributed by atoms with Gasteiger partial charge < -0.3 is 9.47 Å². The zero-order valence-electron chi connectivity index (χ0n) is 17.4. The Morgan fingerprint density at radius 2 is 1.85 bits per heavy atom. The van der Waals surface area contributed by atoms with Crippen LogP contribution in [0.1, 0.15) is 11.1 Å². The van der Waals surface area contributed by atoms with Gasteiger partial charge in [0, 0.05) is 11.5 Å². The maximum atomic E-state index is 13.0. The highest BCUT2D eigenvalue weighted by molar-refractivity contribution is 9.10. The Balaban J connectivity index is 1.26. The number of fused-ring (bicyclic) bond motifs is 1. The highest BCUT2D eigenvalue weighted by Crippen LogP contribution is 2.26. The smallest absolute Gasteiger partial charge is 0.278 e. The summed E-state index contributed by atoms with van der Waals surface area (Å²) < 4.78 is 24.9. The van der Waals surface area contributed by atoms with E-state index in [1.807, 2.05) is 36.4 Å². The molecule has 0 aliphatic rings. The molecule has 0 aliphatic heterocycles. The number of carbonyl (C=O) groups excluding carboxylic acids is 1. The lowest BCUT2D eigenvalue weighted by Crippen LogP contribution is -2.24. The van der Waals surface area contributed by atoms with E-state index >= 15 is 0 Å². The van der Waals surface area contributed by atoms with Gasteiger partial charge in [0.15, 0.2) is 6.61 Å². The molecule has 0 saturated heterocycles. The van der Waals surface area contributed by atoms with Crippen LogP contribution in [-0.2, 0) is 11.4 Å². The third-order valence-corrected chi connectivity index (χ3v) is 5.21. The zero-order valence-corrected chi connectivity index (χ0v) is 19.0. The average molecular weight is 508 g/mol. The average Bonchev–Trinajstić information content (AvgIpc) is 2.83. The van der Waals surface area contributed by atoms with Crippen molar-refractivity contribution in [3.63, 3.8) is 0 Å². The standard InChI is InChI=1S/C25H19BrFN3O3/c26-21-13-18(7-11-23(21)32-15-17-5-9-20(27)10-6-17)14-28-30-24(31)16-33-25-12-8-19-3-1-2-4-22(19)29-25/h1-14H,15-16H2,(H,30,31)/b28-14-. The number of pyridine rings is 1. The second-order valence-corrected chi connectivity index (χ2v) is 7.88. The minimum absolute atomic E-state index is 0.206. The molecule has 0 bridgehead atoms. The zero-order chi connectivity index (χ0) is 23.0. The molecule has 0 fully saturated rings. The van der Waals surface area contributed by atoms with Crippen LogP contribution in [0.3, 0.4) is 0 Å². The van der Waals surface area contributed by atoms with E-state index in [-0.39, 0.29) is 12.4 Å². The molecule has 1 amide bonds.